The van der Waals surface area contributed by atoms with Crippen LogP contribution in [0.2, 0.25) is 0 Å². The third kappa shape index (κ3) is 3.07. The molecule has 0 aliphatic rings. The second-order valence-corrected chi connectivity index (χ2v) is 4.95. The van der Waals surface area contributed by atoms with Gasteiger partial charge in [0.05, 0.1) is 17.8 Å². The fourth-order valence-electron chi connectivity index (χ4n) is 2.14. The Morgan fingerprint density at radius 1 is 1.24 bits per heavy atom. The van der Waals surface area contributed by atoms with E-state index in [9.17, 15) is 9.59 Å². The van der Waals surface area contributed by atoms with Gasteiger partial charge in [-0.05, 0) is 23.6 Å². The van der Waals surface area contributed by atoms with Crippen molar-refractivity contribution in [2.75, 3.05) is 0 Å². The monoisotopic (exact) mass is 289 g/mol. The number of aromatic carboxylic acids is 2. The lowest BCUT2D eigenvalue weighted by atomic mass is 10.1. The molecule has 110 valence electrons. The molecule has 1 aromatic heterocycles. The average molecular weight is 289 g/mol. The fraction of sp³-hybridized carbons (Fsp3) is 0.286. The van der Waals surface area contributed by atoms with Crippen molar-refractivity contribution in [3.8, 4) is 0 Å². The Hall–Kier alpha value is -2.70. The third-order valence-electron chi connectivity index (χ3n) is 3.03. The van der Waals surface area contributed by atoms with Crippen molar-refractivity contribution in [1.82, 2.24) is 15.0 Å². The molecular formula is C14H15N3O4. The van der Waals surface area contributed by atoms with Crippen LogP contribution in [0.4, 0.5) is 0 Å². The first-order valence-electron chi connectivity index (χ1n) is 6.39. The fourth-order valence-corrected chi connectivity index (χ4v) is 2.14. The summed E-state index contributed by atoms with van der Waals surface area (Å²) in [4.78, 5) is 22.1. The van der Waals surface area contributed by atoms with Gasteiger partial charge in [0, 0.05) is 0 Å². The molecule has 0 saturated carbocycles. The number of carboxylic acid groups (broad SMARTS) is 2. The van der Waals surface area contributed by atoms with Gasteiger partial charge in [-0.3, -0.25) is 0 Å². The molecule has 1 aromatic carbocycles. The van der Waals surface area contributed by atoms with Crippen LogP contribution in [0.3, 0.4) is 0 Å². The number of nitrogens with zero attached hydrogens (tertiary/aromatic N) is 3. The van der Waals surface area contributed by atoms with E-state index in [2.05, 4.69) is 10.3 Å². The lowest BCUT2D eigenvalue weighted by Crippen LogP contribution is -2.11. The third-order valence-corrected chi connectivity index (χ3v) is 3.03. The van der Waals surface area contributed by atoms with Crippen molar-refractivity contribution in [2.24, 2.45) is 0 Å². The second kappa shape index (κ2) is 5.74. The van der Waals surface area contributed by atoms with Gasteiger partial charge in [0.2, 0.25) is 0 Å². The van der Waals surface area contributed by atoms with E-state index in [-0.39, 0.29) is 23.7 Å². The maximum Gasteiger partial charge on any atom is 0.358 e. The number of hydrogen-bond acceptors (Lipinski definition) is 4. The smallest absolute Gasteiger partial charge is 0.358 e. The van der Waals surface area contributed by atoms with E-state index in [1.165, 1.54) is 16.8 Å². The zero-order chi connectivity index (χ0) is 15.6. The molecule has 0 aliphatic heterocycles. The zero-order valence-electron chi connectivity index (χ0n) is 11.6. The molecule has 0 aliphatic carbocycles. The zero-order valence-corrected chi connectivity index (χ0v) is 11.6. The summed E-state index contributed by atoms with van der Waals surface area (Å²) in [6.07, 6.45) is 0. The van der Waals surface area contributed by atoms with E-state index in [1.807, 2.05) is 13.8 Å². The molecule has 0 fully saturated rings. The van der Waals surface area contributed by atoms with Crippen LogP contribution in [0.25, 0.3) is 0 Å². The predicted octanol–water partition coefficient (Wildman–Crippen LogP) is 1.85. The van der Waals surface area contributed by atoms with Crippen molar-refractivity contribution >= 4 is 11.9 Å². The lowest BCUT2D eigenvalue weighted by molar-refractivity contribution is 0.0681. The molecule has 0 spiro atoms. The highest BCUT2D eigenvalue weighted by atomic mass is 16.4. The molecule has 2 rings (SSSR count). The second-order valence-electron chi connectivity index (χ2n) is 4.95. The standard InChI is InChI=1S/C14H15N3O4/c1-8(2)12-11(14(20)21)15-16-17(12)7-9-4-3-5-10(6-9)13(18)19/h3-6,8H,7H2,1-2H3,(H,18,19)(H,20,21). The van der Waals surface area contributed by atoms with Gasteiger partial charge >= 0.3 is 11.9 Å². The van der Waals surface area contributed by atoms with Gasteiger partial charge in [0.25, 0.3) is 0 Å². The minimum atomic E-state index is -1.12. The summed E-state index contributed by atoms with van der Waals surface area (Å²) in [5.74, 6) is -2.19. The summed E-state index contributed by atoms with van der Waals surface area (Å²) in [5, 5.41) is 25.7. The van der Waals surface area contributed by atoms with Gasteiger partial charge in [-0.1, -0.05) is 31.2 Å². The summed E-state index contributed by atoms with van der Waals surface area (Å²) in [6, 6.07) is 6.44. The van der Waals surface area contributed by atoms with E-state index in [1.54, 1.807) is 12.1 Å². The molecule has 7 heteroatoms. The molecular weight excluding hydrogens is 274 g/mol. The van der Waals surface area contributed by atoms with Crippen LogP contribution in [0.15, 0.2) is 24.3 Å². The normalized spacial score (nSPS) is 10.8. The Morgan fingerprint density at radius 3 is 2.52 bits per heavy atom. The number of carbonyl (C=O) groups is 2. The van der Waals surface area contributed by atoms with Crippen LogP contribution in [-0.4, -0.2) is 37.1 Å². The summed E-state index contributed by atoms with van der Waals surface area (Å²) < 4.78 is 1.50. The molecule has 2 N–H and O–H groups in total. The maximum absolute atomic E-state index is 11.1. The van der Waals surface area contributed by atoms with Gasteiger partial charge in [0.15, 0.2) is 5.69 Å². The molecule has 1 heterocycles. The van der Waals surface area contributed by atoms with Crippen LogP contribution in [0.5, 0.6) is 0 Å². The highest BCUT2D eigenvalue weighted by molar-refractivity contribution is 5.88. The summed E-state index contributed by atoms with van der Waals surface area (Å²) in [5.41, 5.74) is 1.35. The number of carboxylic acids is 2. The Morgan fingerprint density at radius 2 is 1.95 bits per heavy atom. The molecule has 7 nitrogen and oxygen atoms in total. The van der Waals surface area contributed by atoms with E-state index in [0.717, 1.165) is 5.56 Å². The number of rotatable bonds is 5. The van der Waals surface area contributed by atoms with Crippen LogP contribution in [-0.2, 0) is 6.54 Å². The van der Waals surface area contributed by atoms with Crippen LogP contribution in [0.1, 0.15) is 51.9 Å². The van der Waals surface area contributed by atoms with E-state index in [0.29, 0.717) is 5.69 Å². The highest BCUT2D eigenvalue weighted by Gasteiger charge is 2.21. The Kier molecular flexibility index (Phi) is 4.02. The minimum absolute atomic E-state index is 0.0613. The largest absolute Gasteiger partial charge is 0.478 e. The van der Waals surface area contributed by atoms with Crippen LogP contribution < -0.4 is 0 Å². The molecule has 0 bridgehead atoms. The topological polar surface area (TPSA) is 105 Å². The summed E-state index contributed by atoms with van der Waals surface area (Å²) >= 11 is 0. The average Bonchev–Trinajstić information content (AvgIpc) is 2.83. The minimum Gasteiger partial charge on any atom is -0.478 e. The number of hydrogen-bond donors (Lipinski definition) is 2. The van der Waals surface area contributed by atoms with Gasteiger partial charge in [-0.2, -0.15) is 0 Å². The van der Waals surface area contributed by atoms with Gasteiger partial charge in [-0.25, -0.2) is 14.3 Å². The molecule has 0 saturated heterocycles. The SMILES string of the molecule is CC(C)c1c(C(=O)O)nnn1Cc1cccc(C(=O)O)c1. The van der Waals surface area contributed by atoms with Gasteiger partial charge < -0.3 is 10.2 Å². The van der Waals surface area contributed by atoms with Crippen molar-refractivity contribution in [3.05, 3.63) is 46.8 Å². The quantitative estimate of drug-likeness (QED) is 0.870. The van der Waals surface area contributed by atoms with Gasteiger partial charge in [-0.15, -0.1) is 5.10 Å². The van der Waals surface area contributed by atoms with Crippen LogP contribution >= 0.6 is 0 Å². The summed E-state index contributed by atoms with van der Waals surface area (Å²) in [6.45, 7) is 3.99. The maximum atomic E-state index is 11.1. The molecule has 0 amide bonds. The highest BCUT2D eigenvalue weighted by Crippen LogP contribution is 2.19. The predicted molar refractivity (Wildman–Crippen MR) is 73.6 cm³/mol. The molecule has 0 unspecified atom stereocenters. The van der Waals surface area contributed by atoms with E-state index >= 15 is 0 Å². The van der Waals surface area contributed by atoms with Crippen molar-refractivity contribution < 1.29 is 19.8 Å². The molecule has 21 heavy (non-hydrogen) atoms. The molecule has 0 atom stereocenters. The lowest BCUT2D eigenvalue weighted by Gasteiger charge is -2.10. The summed E-state index contributed by atoms with van der Waals surface area (Å²) in [7, 11) is 0. The van der Waals surface area contributed by atoms with E-state index < -0.39 is 11.9 Å². The first-order valence-corrected chi connectivity index (χ1v) is 6.39. The molecule has 2 aromatic rings. The number of aromatic nitrogens is 3. The van der Waals surface area contributed by atoms with E-state index in [4.69, 9.17) is 10.2 Å². The van der Waals surface area contributed by atoms with Crippen LogP contribution in [0, 0.1) is 0 Å². The first-order chi connectivity index (χ1) is 9.90. The van der Waals surface area contributed by atoms with Crippen molar-refractivity contribution in [3.63, 3.8) is 0 Å². The Bertz CT molecular complexity index is 691. The first kappa shape index (κ1) is 14.7. The molecule has 0 radical (unpaired) electrons. The van der Waals surface area contributed by atoms with Crippen molar-refractivity contribution in [2.45, 2.75) is 26.3 Å². The Balaban J connectivity index is 2.38. The number of benzene rings is 1. The Labute approximate surface area is 120 Å². The van der Waals surface area contributed by atoms with Crippen molar-refractivity contribution in [1.29, 1.82) is 0 Å². The van der Waals surface area contributed by atoms with Gasteiger partial charge in [0.1, 0.15) is 0 Å².